The van der Waals surface area contributed by atoms with E-state index in [1.165, 1.54) is 12.8 Å². The number of nitrogens with one attached hydrogen (secondary N) is 1. The number of carbonyl (C=O) groups is 1. The van der Waals surface area contributed by atoms with Gasteiger partial charge in [0.25, 0.3) is 0 Å². The Morgan fingerprint density at radius 3 is 2.26 bits per heavy atom. The zero-order chi connectivity index (χ0) is 14.3. The first-order chi connectivity index (χ1) is 8.82. The lowest BCUT2D eigenvalue weighted by molar-refractivity contribution is -0.127. The Labute approximate surface area is 117 Å². The van der Waals surface area contributed by atoms with Crippen LogP contribution in [0, 0.1) is 5.92 Å². The lowest BCUT2D eigenvalue weighted by Crippen LogP contribution is -2.65. The molecule has 2 aliphatic carbocycles. The Morgan fingerprint density at radius 1 is 1.32 bits per heavy atom. The molecule has 2 rings (SSSR count). The Kier molecular flexibility index (Phi) is 3.94. The molecule has 2 saturated carbocycles. The highest BCUT2D eigenvalue weighted by atomic mass is 16.1. The maximum Gasteiger partial charge on any atom is 0.239 e. The highest BCUT2D eigenvalue weighted by molar-refractivity contribution is 5.86. The van der Waals surface area contributed by atoms with E-state index >= 15 is 0 Å². The fourth-order valence-corrected chi connectivity index (χ4v) is 2.67. The van der Waals surface area contributed by atoms with Crippen LogP contribution >= 0.6 is 0 Å². The van der Waals surface area contributed by atoms with Crippen molar-refractivity contribution in [2.24, 2.45) is 11.7 Å². The van der Waals surface area contributed by atoms with E-state index in [9.17, 15) is 4.79 Å². The van der Waals surface area contributed by atoms with E-state index < -0.39 is 5.54 Å². The summed E-state index contributed by atoms with van der Waals surface area (Å²) < 4.78 is 0. The fraction of sp³-hybridized carbons (Fsp3) is 0.933. The molecule has 4 heteroatoms. The van der Waals surface area contributed by atoms with Crippen molar-refractivity contribution >= 4 is 5.91 Å². The van der Waals surface area contributed by atoms with Gasteiger partial charge in [-0.25, -0.2) is 0 Å². The Hall–Kier alpha value is -0.610. The molecule has 1 unspecified atom stereocenters. The maximum absolute atomic E-state index is 12.2. The van der Waals surface area contributed by atoms with Crippen LogP contribution in [-0.2, 0) is 4.79 Å². The van der Waals surface area contributed by atoms with E-state index in [1.54, 1.807) is 0 Å². The molecule has 0 radical (unpaired) electrons. The minimum absolute atomic E-state index is 0.0980. The van der Waals surface area contributed by atoms with Crippen molar-refractivity contribution in [2.45, 2.75) is 70.0 Å². The van der Waals surface area contributed by atoms with E-state index in [4.69, 9.17) is 5.73 Å². The van der Waals surface area contributed by atoms with Gasteiger partial charge in [-0.3, -0.25) is 15.0 Å². The Morgan fingerprint density at radius 2 is 1.89 bits per heavy atom. The van der Waals surface area contributed by atoms with Crippen molar-refractivity contribution in [3.63, 3.8) is 0 Å². The molecule has 3 N–H and O–H groups in total. The molecule has 19 heavy (non-hydrogen) atoms. The highest BCUT2D eigenvalue weighted by Crippen LogP contribution is 2.42. The molecule has 110 valence electrons. The van der Waals surface area contributed by atoms with Gasteiger partial charge < -0.3 is 5.73 Å². The quantitative estimate of drug-likeness (QED) is 0.700. The summed E-state index contributed by atoms with van der Waals surface area (Å²) in [6, 6.07) is 0.506. The number of carbonyl (C=O) groups excluding carboxylic acids is 1. The van der Waals surface area contributed by atoms with Crippen molar-refractivity contribution < 1.29 is 4.79 Å². The summed E-state index contributed by atoms with van der Waals surface area (Å²) in [6.07, 6.45) is 5.68. The van der Waals surface area contributed by atoms with Crippen LogP contribution in [0.4, 0.5) is 0 Å². The predicted octanol–water partition coefficient (Wildman–Crippen LogP) is 1.49. The van der Waals surface area contributed by atoms with Gasteiger partial charge in [-0.2, -0.15) is 0 Å². The number of primary amides is 1. The number of rotatable bonds is 8. The molecule has 0 spiro atoms. The number of hydrogen-bond donors (Lipinski definition) is 2. The first kappa shape index (κ1) is 14.8. The summed E-state index contributed by atoms with van der Waals surface area (Å²) in [6.45, 7) is 7.36. The normalized spacial score (nSPS) is 23.4. The van der Waals surface area contributed by atoms with Crippen molar-refractivity contribution in [1.82, 2.24) is 10.2 Å². The standard InChI is InChI=1S/C15H29N3O/c1-5-14(2,3)18(4)10-15(13(16)19,11-6-7-11)17-12-8-9-12/h11-12,17H,5-10H2,1-4H3,(H2,16,19). The SMILES string of the molecule is CCC(C)(C)N(C)CC(NC1CC1)(C(N)=O)C1CC1. The third-order valence-electron chi connectivity index (χ3n) is 5.14. The average Bonchev–Trinajstić information content (AvgIpc) is 3.19. The van der Waals surface area contributed by atoms with Crippen LogP contribution in [0.5, 0.6) is 0 Å². The van der Waals surface area contributed by atoms with Gasteiger partial charge in [-0.15, -0.1) is 0 Å². The number of nitrogens with two attached hydrogens (primary N) is 1. The largest absolute Gasteiger partial charge is 0.368 e. The lowest BCUT2D eigenvalue weighted by Gasteiger charge is -2.42. The molecular weight excluding hydrogens is 238 g/mol. The highest BCUT2D eigenvalue weighted by Gasteiger charge is 2.53. The van der Waals surface area contributed by atoms with E-state index in [2.05, 4.69) is 38.0 Å². The Bertz CT molecular complexity index is 347. The summed E-state index contributed by atoms with van der Waals surface area (Å²) in [5.74, 6) is 0.265. The molecular formula is C15H29N3O. The van der Waals surface area contributed by atoms with Crippen LogP contribution < -0.4 is 11.1 Å². The summed E-state index contributed by atoms with van der Waals surface area (Å²) >= 11 is 0. The molecule has 2 aliphatic rings. The molecule has 0 aliphatic heterocycles. The van der Waals surface area contributed by atoms with Crippen LogP contribution in [0.25, 0.3) is 0 Å². The fourth-order valence-electron chi connectivity index (χ4n) is 2.67. The van der Waals surface area contributed by atoms with Crippen LogP contribution in [0.1, 0.15) is 52.9 Å². The third kappa shape index (κ3) is 3.11. The first-order valence-corrected chi connectivity index (χ1v) is 7.60. The van der Waals surface area contributed by atoms with E-state index in [-0.39, 0.29) is 11.4 Å². The number of nitrogens with zero attached hydrogens (tertiary/aromatic N) is 1. The van der Waals surface area contributed by atoms with Crippen LogP contribution in [0.15, 0.2) is 0 Å². The van der Waals surface area contributed by atoms with Crippen molar-refractivity contribution in [1.29, 1.82) is 0 Å². The Balaban J connectivity index is 2.14. The van der Waals surface area contributed by atoms with Crippen molar-refractivity contribution in [2.75, 3.05) is 13.6 Å². The molecule has 1 amide bonds. The average molecular weight is 267 g/mol. The van der Waals surface area contributed by atoms with Gasteiger partial charge >= 0.3 is 0 Å². The van der Waals surface area contributed by atoms with Gasteiger partial charge in [0, 0.05) is 18.1 Å². The van der Waals surface area contributed by atoms with Crippen LogP contribution in [0.2, 0.25) is 0 Å². The maximum atomic E-state index is 12.2. The van der Waals surface area contributed by atoms with Crippen LogP contribution in [0.3, 0.4) is 0 Å². The van der Waals surface area contributed by atoms with Gasteiger partial charge in [0.1, 0.15) is 5.54 Å². The molecule has 4 nitrogen and oxygen atoms in total. The van der Waals surface area contributed by atoms with Gasteiger partial charge in [0.15, 0.2) is 0 Å². The lowest BCUT2D eigenvalue weighted by atomic mass is 9.88. The molecule has 0 bridgehead atoms. The number of likely N-dealkylation sites (N-methyl/N-ethyl adjacent to an activating group) is 1. The zero-order valence-corrected chi connectivity index (χ0v) is 12.8. The topological polar surface area (TPSA) is 58.4 Å². The summed E-state index contributed by atoms with van der Waals surface area (Å²) in [5.41, 5.74) is 5.38. The van der Waals surface area contributed by atoms with E-state index in [0.29, 0.717) is 12.0 Å². The van der Waals surface area contributed by atoms with Gasteiger partial charge in [-0.1, -0.05) is 6.92 Å². The summed E-state index contributed by atoms with van der Waals surface area (Å²) in [5, 5.41) is 3.58. The van der Waals surface area contributed by atoms with Gasteiger partial charge in [0.05, 0.1) is 0 Å². The van der Waals surface area contributed by atoms with Crippen molar-refractivity contribution in [3.05, 3.63) is 0 Å². The molecule has 0 aromatic rings. The first-order valence-electron chi connectivity index (χ1n) is 7.60. The van der Waals surface area contributed by atoms with E-state index in [1.807, 2.05) is 0 Å². The number of amides is 1. The molecule has 0 heterocycles. The monoisotopic (exact) mass is 267 g/mol. The smallest absolute Gasteiger partial charge is 0.239 e. The molecule has 0 aromatic heterocycles. The predicted molar refractivity (Wildman–Crippen MR) is 77.8 cm³/mol. The minimum Gasteiger partial charge on any atom is -0.368 e. The zero-order valence-electron chi connectivity index (χ0n) is 12.8. The minimum atomic E-state index is -0.512. The second-order valence-corrected chi connectivity index (χ2v) is 7.05. The summed E-state index contributed by atoms with van der Waals surface area (Å²) in [7, 11) is 2.11. The molecule has 1 atom stereocenters. The summed E-state index contributed by atoms with van der Waals surface area (Å²) in [4.78, 5) is 14.4. The van der Waals surface area contributed by atoms with Crippen molar-refractivity contribution in [3.8, 4) is 0 Å². The molecule has 0 saturated heterocycles. The third-order valence-corrected chi connectivity index (χ3v) is 5.14. The van der Waals surface area contributed by atoms with Gasteiger partial charge in [0.2, 0.25) is 5.91 Å². The number of hydrogen-bond acceptors (Lipinski definition) is 3. The molecule has 0 aromatic carbocycles. The van der Waals surface area contributed by atoms with Crippen LogP contribution in [-0.4, -0.2) is 41.5 Å². The second kappa shape index (κ2) is 5.06. The van der Waals surface area contributed by atoms with Gasteiger partial charge in [-0.05, 0) is 58.9 Å². The molecule has 2 fully saturated rings. The van der Waals surface area contributed by atoms with E-state index in [0.717, 1.165) is 25.8 Å². The second-order valence-electron chi connectivity index (χ2n) is 7.05.